The Morgan fingerprint density at radius 2 is 1.21 bits per heavy atom. The number of ether oxygens (including phenoxy) is 1. The lowest BCUT2D eigenvalue weighted by Gasteiger charge is -2.26. The van der Waals surface area contributed by atoms with Crippen molar-refractivity contribution in [3.63, 3.8) is 0 Å². The average molecular weight is 790 g/mol. The van der Waals surface area contributed by atoms with Gasteiger partial charge in [-0.25, -0.2) is 25.6 Å². The van der Waals surface area contributed by atoms with Gasteiger partial charge in [0, 0.05) is 31.2 Å². The second kappa shape index (κ2) is 16.3. The van der Waals surface area contributed by atoms with Crippen LogP contribution in [0.3, 0.4) is 0 Å². The predicted octanol–water partition coefficient (Wildman–Crippen LogP) is 9.32. The lowest BCUT2D eigenvalue weighted by atomic mass is 10.1. The molecule has 14 heteroatoms. The van der Waals surface area contributed by atoms with Crippen molar-refractivity contribution in [2.24, 2.45) is 5.92 Å². The van der Waals surface area contributed by atoms with E-state index in [1.807, 2.05) is 20.8 Å². The maximum absolute atomic E-state index is 14.3. The van der Waals surface area contributed by atoms with Crippen LogP contribution in [-0.4, -0.2) is 37.1 Å². The van der Waals surface area contributed by atoms with E-state index in [0.717, 1.165) is 15.9 Å². The van der Waals surface area contributed by atoms with Gasteiger partial charge in [0.05, 0.1) is 9.92 Å². The van der Waals surface area contributed by atoms with Gasteiger partial charge in [-0.1, -0.05) is 72.9 Å². The van der Waals surface area contributed by atoms with Gasteiger partial charge in [-0.2, -0.15) is 8.61 Å². The van der Waals surface area contributed by atoms with Crippen molar-refractivity contribution in [1.82, 2.24) is 8.61 Å². The van der Waals surface area contributed by atoms with Gasteiger partial charge in [0.25, 0.3) is 0 Å². The van der Waals surface area contributed by atoms with E-state index in [9.17, 15) is 30.7 Å². The minimum atomic E-state index is -4.54. The number of rotatable bonds is 14. The summed E-state index contributed by atoms with van der Waals surface area (Å²) < 4.78 is 92.4. The van der Waals surface area contributed by atoms with Crippen molar-refractivity contribution >= 4 is 43.2 Å². The van der Waals surface area contributed by atoms with Crippen LogP contribution in [0, 0.1) is 24.5 Å². The summed E-state index contributed by atoms with van der Waals surface area (Å²) in [6.07, 6.45) is 0. The molecule has 0 unspecified atom stereocenters. The largest absolute Gasteiger partial charge is 0.505 e. The molecule has 52 heavy (non-hydrogen) atoms. The summed E-state index contributed by atoms with van der Waals surface area (Å²) in [5.41, 5.74) is 2.19. The highest BCUT2D eigenvalue weighted by molar-refractivity contribution is 7.89. The summed E-state index contributed by atoms with van der Waals surface area (Å²) in [4.78, 5) is -0.424. The number of phenolic OH excluding ortho intramolecular Hbond substituents is 1. The minimum absolute atomic E-state index is 0.0277. The Morgan fingerprint density at radius 3 is 1.79 bits per heavy atom. The highest BCUT2D eigenvalue weighted by atomic mass is 35.5. The first-order chi connectivity index (χ1) is 24.5. The van der Waals surface area contributed by atoms with Gasteiger partial charge in [0.15, 0.2) is 5.75 Å². The lowest BCUT2D eigenvalue weighted by molar-refractivity contribution is 0.360. The third kappa shape index (κ3) is 9.68. The van der Waals surface area contributed by atoms with Crippen LogP contribution in [0.1, 0.15) is 36.1 Å². The van der Waals surface area contributed by atoms with Crippen LogP contribution in [-0.2, 0) is 39.7 Å². The zero-order valence-electron chi connectivity index (χ0n) is 28.4. The molecule has 0 saturated carbocycles. The second-order valence-corrected chi connectivity index (χ2v) is 17.4. The molecule has 8 nitrogen and oxygen atoms in total. The van der Waals surface area contributed by atoms with E-state index in [1.54, 1.807) is 42.5 Å². The number of halogens is 4. The predicted molar refractivity (Wildman–Crippen MR) is 197 cm³/mol. The summed E-state index contributed by atoms with van der Waals surface area (Å²) in [5, 5.41) is 10.4. The summed E-state index contributed by atoms with van der Waals surface area (Å²) in [6.45, 7) is 5.15. The molecule has 0 radical (unpaired) electrons. The molecule has 5 aromatic carbocycles. The fraction of sp³-hybridized carbons (Fsp3) is 0.211. The summed E-state index contributed by atoms with van der Waals surface area (Å²) in [6, 6.07) is 24.2. The smallest absolute Gasteiger partial charge is 0.247 e. The Balaban J connectivity index is 1.61. The van der Waals surface area contributed by atoms with Crippen molar-refractivity contribution in [2.75, 3.05) is 6.54 Å². The normalized spacial score (nSPS) is 12.2. The van der Waals surface area contributed by atoms with E-state index in [0.29, 0.717) is 16.7 Å². The van der Waals surface area contributed by atoms with Crippen LogP contribution < -0.4 is 4.74 Å². The molecule has 0 bridgehead atoms. The molecule has 0 heterocycles. The Kier molecular flexibility index (Phi) is 12.3. The number of sulfonamides is 2. The third-order valence-corrected chi connectivity index (χ3v) is 12.0. The number of nitrogens with zero attached hydrogens (tertiary/aromatic N) is 2. The van der Waals surface area contributed by atoms with Crippen LogP contribution in [0.4, 0.5) is 8.78 Å². The van der Waals surface area contributed by atoms with Gasteiger partial charge in [-0.3, -0.25) is 0 Å². The van der Waals surface area contributed by atoms with Gasteiger partial charge >= 0.3 is 0 Å². The fourth-order valence-corrected chi connectivity index (χ4v) is 9.18. The number of hydrogen-bond donors (Lipinski definition) is 1. The number of benzene rings is 5. The summed E-state index contributed by atoms with van der Waals surface area (Å²) in [5.74, 6) is -1.23. The van der Waals surface area contributed by atoms with Crippen molar-refractivity contribution < 1.29 is 35.5 Å². The molecule has 1 N–H and O–H groups in total. The summed E-state index contributed by atoms with van der Waals surface area (Å²) >= 11 is 12.3. The van der Waals surface area contributed by atoms with Crippen molar-refractivity contribution in [3.8, 4) is 17.2 Å². The molecule has 0 fully saturated rings. The number of phenols is 1. The van der Waals surface area contributed by atoms with E-state index in [-0.39, 0.29) is 58.5 Å². The Bertz CT molecular complexity index is 2260. The molecule has 5 rings (SSSR count). The Morgan fingerprint density at radius 1 is 0.673 bits per heavy atom. The Hall–Kier alpha value is -4.04. The number of hydrogen-bond acceptors (Lipinski definition) is 6. The maximum atomic E-state index is 14.3. The first-order valence-electron chi connectivity index (χ1n) is 16.1. The number of aromatic hydroxyl groups is 1. The maximum Gasteiger partial charge on any atom is 0.247 e. The topological polar surface area (TPSA) is 104 Å². The first-order valence-corrected chi connectivity index (χ1v) is 19.7. The van der Waals surface area contributed by atoms with Crippen LogP contribution in [0.25, 0.3) is 0 Å². The molecule has 0 amide bonds. The third-order valence-electron chi connectivity index (χ3n) is 7.90. The highest BCUT2D eigenvalue weighted by Crippen LogP contribution is 2.37. The average Bonchev–Trinajstić information content (AvgIpc) is 3.07. The molecule has 5 aromatic rings. The molecule has 0 aliphatic carbocycles. The van der Waals surface area contributed by atoms with Gasteiger partial charge in [-0.15, -0.1) is 0 Å². The molecule has 0 atom stereocenters. The zero-order valence-corrected chi connectivity index (χ0v) is 31.6. The van der Waals surface area contributed by atoms with Gasteiger partial charge in [0.2, 0.25) is 20.0 Å². The Labute approximate surface area is 312 Å². The van der Waals surface area contributed by atoms with E-state index in [4.69, 9.17) is 27.9 Å². The first kappa shape index (κ1) is 39.2. The molecule has 0 aliphatic rings. The van der Waals surface area contributed by atoms with Crippen molar-refractivity contribution in [3.05, 3.63) is 147 Å². The van der Waals surface area contributed by atoms with Crippen LogP contribution in [0.2, 0.25) is 10.0 Å². The van der Waals surface area contributed by atoms with Crippen LogP contribution in [0.15, 0.2) is 113 Å². The molecule has 0 saturated heterocycles. The second-order valence-electron chi connectivity index (χ2n) is 12.7. The quantitative estimate of drug-likeness (QED) is 0.120. The van der Waals surface area contributed by atoms with Crippen LogP contribution >= 0.6 is 23.2 Å². The molecule has 0 spiro atoms. The number of aryl methyl sites for hydroxylation is 1. The van der Waals surface area contributed by atoms with Crippen molar-refractivity contribution in [2.45, 2.75) is 50.2 Å². The lowest BCUT2D eigenvalue weighted by Crippen LogP contribution is -2.34. The zero-order chi connectivity index (χ0) is 37.8. The summed E-state index contributed by atoms with van der Waals surface area (Å²) in [7, 11) is -8.52. The van der Waals surface area contributed by atoms with Crippen LogP contribution in [0.5, 0.6) is 17.2 Å². The van der Waals surface area contributed by atoms with Gasteiger partial charge in [0.1, 0.15) is 28.0 Å². The molecule has 274 valence electrons. The van der Waals surface area contributed by atoms with E-state index < -0.39 is 42.3 Å². The van der Waals surface area contributed by atoms with E-state index in [2.05, 4.69) is 0 Å². The standard InChI is InChI=1S/C38H36Cl2F2N2O6S2/c1-25(2)21-43(51(46,47)35-14-4-26(3)5-15-35)23-28-16-29(18-34(17-28)50-33-12-10-32(42)11-13-33)24-44(22-27-6-8-31(41)9-7-27)52(48,49)37-20-30(39)19-36(40)38(37)45/h4-20,25,45H,21-24H2,1-3H3. The fourth-order valence-electron chi connectivity index (χ4n) is 5.43. The monoisotopic (exact) mass is 788 g/mol. The molecule has 0 aliphatic heterocycles. The molecular weight excluding hydrogens is 753 g/mol. The van der Waals surface area contributed by atoms with Crippen molar-refractivity contribution in [1.29, 1.82) is 0 Å². The van der Waals surface area contributed by atoms with Gasteiger partial charge < -0.3 is 9.84 Å². The molecule has 0 aromatic heterocycles. The van der Waals surface area contributed by atoms with E-state index in [1.165, 1.54) is 58.9 Å². The minimum Gasteiger partial charge on any atom is -0.505 e. The molecular formula is C38H36Cl2F2N2O6S2. The highest BCUT2D eigenvalue weighted by Gasteiger charge is 2.31. The van der Waals surface area contributed by atoms with Gasteiger partial charge in [-0.05, 0) is 102 Å². The van der Waals surface area contributed by atoms with E-state index >= 15 is 0 Å². The SMILES string of the molecule is Cc1ccc(S(=O)(=O)N(Cc2cc(CN(Cc3ccc(F)cc3)S(=O)(=O)c3cc(Cl)cc(Cl)c3O)cc(Oc3ccc(F)cc3)c2)CC(C)C)cc1.